The predicted molar refractivity (Wildman–Crippen MR) is 70.5 cm³/mol. The van der Waals surface area contributed by atoms with E-state index in [-0.39, 0.29) is 11.7 Å². The number of nitro groups is 1. The normalized spacial score (nSPS) is 12.4. The van der Waals surface area contributed by atoms with E-state index in [1.165, 1.54) is 12.3 Å². The summed E-state index contributed by atoms with van der Waals surface area (Å²) in [5.41, 5.74) is 5.91. The van der Waals surface area contributed by atoms with Gasteiger partial charge in [-0.2, -0.15) is 0 Å². The summed E-state index contributed by atoms with van der Waals surface area (Å²) in [6.45, 7) is 1.52. The third-order valence-corrected chi connectivity index (χ3v) is 2.45. The smallest absolute Gasteiger partial charge is 0.287 e. The second kappa shape index (κ2) is 6.87. The van der Waals surface area contributed by atoms with Crippen molar-refractivity contribution in [2.75, 3.05) is 32.5 Å². The van der Waals surface area contributed by atoms with Gasteiger partial charge in [-0.05, 0) is 33.1 Å². The van der Waals surface area contributed by atoms with Gasteiger partial charge in [0.15, 0.2) is 0 Å². The summed E-state index contributed by atoms with van der Waals surface area (Å²) < 4.78 is 0. The lowest BCUT2D eigenvalue weighted by molar-refractivity contribution is -0.385. The fourth-order valence-electron chi connectivity index (χ4n) is 1.36. The van der Waals surface area contributed by atoms with E-state index in [4.69, 9.17) is 5.73 Å². The Kier molecular flexibility index (Phi) is 5.47. The summed E-state index contributed by atoms with van der Waals surface area (Å²) in [4.78, 5) is 16.0. The van der Waals surface area contributed by atoms with Gasteiger partial charge in [-0.25, -0.2) is 4.98 Å². The molecule has 0 saturated carbocycles. The molecule has 0 spiro atoms. The molecule has 1 atom stereocenters. The maximum absolute atomic E-state index is 10.4. The Labute approximate surface area is 106 Å². The van der Waals surface area contributed by atoms with E-state index < -0.39 is 4.92 Å². The number of rotatable bonds is 7. The molecule has 1 unspecified atom stereocenters. The highest BCUT2D eigenvalue weighted by Gasteiger charge is 2.06. The minimum absolute atomic E-state index is 0.0162. The number of anilines is 1. The summed E-state index contributed by atoms with van der Waals surface area (Å²) in [5.74, 6) is 0.598. The van der Waals surface area contributed by atoms with E-state index >= 15 is 0 Å². The highest BCUT2D eigenvalue weighted by atomic mass is 16.6. The number of hydrogen-bond acceptors (Lipinski definition) is 6. The van der Waals surface area contributed by atoms with Crippen molar-refractivity contribution in [1.29, 1.82) is 0 Å². The first-order chi connectivity index (χ1) is 8.49. The Morgan fingerprint density at radius 2 is 2.28 bits per heavy atom. The molecule has 1 rings (SSSR count). The van der Waals surface area contributed by atoms with Crippen LogP contribution in [0.2, 0.25) is 0 Å². The van der Waals surface area contributed by atoms with Gasteiger partial charge in [0.2, 0.25) is 0 Å². The monoisotopic (exact) mass is 253 g/mol. The van der Waals surface area contributed by atoms with Crippen molar-refractivity contribution in [2.24, 2.45) is 5.73 Å². The average molecular weight is 253 g/mol. The molecule has 3 N–H and O–H groups in total. The molecule has 0 aliphatic carbocycles. The number of nitrogens with zero attached hydrogens (tertiary/aromatic N) is 3. The Morgan fingerprint density at radius 1 is 1.56 bits per heavy atom. The number of pyridine rings is 1. The second-order valence-corrected chi connectivity index (χ2v) is 4.39. The molecule has 1 aromatic heterocycles. The van der Waals surface area contributed by atoms with E-state index in [1.54, 1.807) is 6.07 Å². The zero-order valence-corrected chi connectivity index (χ0v) is 10.7. The highest BCUT2D eigenvalue weighted by Crippen LogP contribution is 2.11. The molecule has 7 heteroatoms. The maximum Gasteiger partial charge on any atom is 0.287 e. The summed E-state index contributed by atoms with van der Waals surface area (Å²) >= 11 is 0. The number of hydrogen-bond donors (Lipinski definition) is 2. The van der Waals surface area contributed by atoms with E-state index in [2.05, 4.69) is 15.2 Å². The molecule has 1 aromatic rings. The van der Waals surface area contributed by atoms with Gasteiger partial charge in [-0.1, -0.05) is 0 Å². The lowest BCUT2D eigenvalue weighted by Gasteiger charge is -2.15. The van der Waals surface area contributed by atoms with Gasteiger partial charge < -0.3 is 16.0 Å². The largest absolute Gasteiger partial charge is 0.369 e. The SMILES string of the molecule is CN(C)CCC(N)CNc1ccc([N+](=O)[O-])cn1. The van der Waals surface area contributed by atoms with Crippen LogP contribution in [0.1, 0.15) is 6.42 Å². The van der Waals surface area contributed by atoms with Crippen LogP contribution in [0.4, 0.5) is 11.5 Å². The third-order valence-electron chi connectivity index (χ3n) is 2.45. The standard InChI is InChI=1S/C11H19N5O2/c1-15(2)6-5-9(12)7-13-11-4-3-10(8-14-11)16(17)18/h3-4,8-9H,5-7,12H2,1-2H3,(H,13,14). The van der Waals surface area contributed by atoms with Crippen molar-refractivity contribution in [3.05, 3.63) is 28.4 Å². The Hall–Kier alpha value is -1.73. The van der Waals surface area contributed by atoms with Crippen LogP contribution in [-0.2, 0) is 0 Å². The second-order valence-electron chi connectivity index (χ2n) is 4.39. The number of aromatic nitrogens is 1. The summed E-state index contributed by atoms with van der Waals surface area (Å²) in [7, 11) is 4.00. The molecule has 1 heterocycles. The van der Waals surface area contributed by atoms with Gasteiger partial charge in [-0.3, -0.25) is 10.1 Å². The van der Waals surface area contributed by atoms with Gasteiger partial charge in [0.1, 0.15) is 12.0 Å². The van der Waals surface area contributed by atoms with E-state index in [0.29, 0.717) is 12.4 Å². The van der Waals surface area contributed by atoms with Gasteiger partial charge >= 0.3 is 0 Å². The van der Waals surface area contributed by atoms with Gasteiger partial charge in [0.05, 0.1) is 4.92 Å². The van der Waals surface area contributed by atoms with Crippen LogP contribution in [-0.4, -0.2) is 48.0 Å². The maximum atomic E-state index is 10.4. The number of nitrogens with two attached hydrogens (primary N) is 1. The number of nitrogens with one attached hydrogen (secondary N) is 1. The van der Waals surface area contributed by atoms with Crippen LogP contribution in [0.25, 0.3) is 0 Å². The summed E-state index contributed by atoms with van der Waals surface area (Å²) in [6.07, 6.45) is 2.11. The third kappa shape index (κ3) is 5.07. The molecule has 0 bridgehead atoms. The van der Waals surface area contributed by atoms with Crippen molar-refractivity contribution in [3.63, 3.8) is 0 Å². The Morgan fingerprint density at radius 3 is 2.78 bits per heavy atom. The highest BCUT2D eigenvalue weighted by molar-refractivity contribution is 5.40. The van der Waals surface area contributed by atoms with Crippen LogP contribution < -0.4 is 11.1 Å². The zero-order chi connectivity index (χ0) is 13.5. The quantitative estimate of drug-likeness (QED) is 0.548. The van der Waals surface area contributed by atoms with Crippen LogP contribution >= 0.6 is 0 Å². The Bertz CT molecular complexity index is 380. The van der Waals surface area contributed by atoms with Crippen molar-refractivity contribution in [3.8, 4) is 0 Å². The fraction of sp³-hybridized carbons (Fsp3) is 0.545. The van der Waals surface area contributed by atoms with Crippen molar-refractivity contribution < 1.29 is 4.92 Å². The molecular weight excluding hydrogens is 234 g/mol. The molecule has 0 amide bonds. The van der Waals surface area contributed by atoms with E-state index in [0.717, 1.165) is 13.0 Å². The topological polar surface area (TPSA) is 97.3 Å². The lowest BCUT2D eigenvalue weighted by Crippen LogP contribution is -2.32. The molecule has 0 aliphatic rings. The average Bonchev–Trinajstić information content (AvgIpc) is 2.34. The Balaban J connectivity index is 2.36. The minimum atomic E-state index is -0.473. The van der Waals surface area contributed by atoms with Crippen molar-refractivity contribution >= 4 is 11.5 Å². The first-order valence-corrected chi connectivity index (χ1v) is 5.73. The molecular formula is C11H19N5O2. The molecule has 0 aromatic carbocycles. The zero-order valence-electron chi connectivity index (χ0n) is 10.7. The molecule has 0 radical (unpaired) electrons. The molecule has 18 heavy (non-hydrogen) atoms. The van der Waals surface area contributed by atoms with Gasteiger partial charge in [0.25, 0.3) is 5.69 Å². The van der Waals surface area contributed by atoms with Gasteiger partial charge in [0, 0.05) is 18.7 Å². The van der Waals surface area contributed by atoms with Crippen LogP contribution in [0.5, 0.6) is 0 Å². The molecule has 0 aliphatic heterocycles. The molecule has 100 valence electrons. The molecule has 0 fully saturated rings. The summed E-state index contributed by atoms with van der Waals surface area (Å²) in [5, 5.41) is 13.5. The lowest BCUT2D eigenvalue weighted by atomic mass is 10.2. The minimum Gasteiger partial charge on any atom is -0.369 e. The van der Waals surface area contributed by atoms with Crippen LogP contribution in [0.15, 0.2) is 18.3 Å². The summed E-state index contributed by atoms with van der Waals surface area (Å²) in [6, 6.07) is 3.03. The van der Waals surface area contributed by atoms with Gasteiger partial charge in [-0.15, -0.1) is 0 Å². The van der Waals surface area contributed by atoms with Crippen LogP contribution in [0, 0.1) is 10.1 Å². The van der Waals surface area contributed by atoms with E-state index in [9.17, 15) is 10.1 Å². The fourth-order valence-corrected chi connectivity index (χ4v) is 1.36. The molecule has 7 nitrogen and oxygen atoms in total. The van der Waals surface area contributed by atoms with Crippen molar-refractivity contribution in [1.82, 2.24) is 9.88 Å². The van der Waals surface area contributed by atoms with E-state index in [1.807, 2.05) is 14.1 Å². The first-order valence-electron chi connectivity index (χ1n) is 5.73. The first kappa shape index (κ1) is 14.3. The van der Waals surface area contributed by atoms with Crippen LogP contribution in [0.3, 0.4) is 0 Å². The molecule has 0 saturated heterocycles. The predicted octanol–water partition coefficient (Wildman–Crippen LogP) is 0.681. The van der Waals surface area contributed by atoms with Crippen molar-refractivity contribution in [2.45, 2.75) is 12.5 Å².